The Bertz CT molecular complexity index is 2000. The first kappa shape index (κ1) is 32.9. The summed E-state index contributed by atoms with van der Waals surface area (Å²) in [5.74, 6) is -0.164. The topological polar surface area (TPSA) is 133 Å². The molecule has 2 saturated heterocycles. The van der Waals surface area contributed by atoms with Gasteiger partial charge in [0.25, 0.3) is 5.91 Å². The summed E-state index contributed by atoms with van der Waals surface area (Å²) in [7, 11) is 1.59. The maximum absolute atomic E-state index is 14.5. The number of hydrogen-bond donors (Lipinski definition) is 1. The summed E-state index contributed by atoms with van der Waals surface area (Å²) >= 11 is 13.0. The van der Waals surface area contributed by atoms with E-state index in [1.807, 2.05) is 37.8 Å². The molecule has 3 amide bonds. The fraction of sp³-hybridized carbons (Fsp3) is 0.361. The molecular weight excluding hydrogens is 667 g/mol. The van der Waals surface area contributed by atoms with Crippen molar-refractivity contribution in [1.29, 1.82) is 0 Å². The standard InChI is InChI=1S/C36H36Cl2N6O5/c1-36(2,3)49-35(47)43-10-8-28-29(43)7-9-42(28)34(46)31-25-6-5-19-12-30(48-4)26(20-11-21(33(39)45)18-40-17-20)16-27(19)32(25)44(41-31)24-14-22(37)13-23(38)15-24/h11-18,28-29H,5-10H2,1-4H3,(H2,39,45). The monoisotopic (exact) mass is 702 g/mol. The number of halogens is 2. The zero-order valence-electron chi connectivity index (χ0n) is 27.6. The SMILES string of the molecule is COc1cc2c(cc1-c1cncc(C(N)=O)c1)-c1c(c(C(=O)N3CCC4C3CCN4C(=O)OC(C)(C)C)nn1-c1cc(Cl)cc(Cl)c1)CC2. The van der Waals surface area contributed by atoms with Crippen molar-refractivity contribution in [3.63, 3.8) is 0 Å². The lowest BCUT2D eigenvalue weighted by Gasteiger charge is -2.28. The molecule has 2 fully saturated rings. The largest absolute Gasteiger partial charge is 0.496 e. The lowest BCUT2D eigenvalue weighted by atomic mass is 9.86. The number of ether oxygens (including phenoxy) is 2. The molecule has 11 nitrogen and oxygen atoms in total. The molecule has 2 aromatic heterocycles. The van der Waals surface area contributed by atoms with Gasteiger partial charge in [-0.05, 0) is 88.4 Å². The maximum Gasteiger partial charge on any atom is 0.410 e. The van der Waals surface area contributed by atoms with Crippen molar-refractivity contribution in [3.8, 4) is 33.8 Å². The van der Waals surface area contributed by atoms with Crippen molar-refractivity contribution in [3.05, 3.63) is 81.2 Å². The number of hydrogen-bond acceptors (Lipinski definition) is 7. The Morgan fingerprint density at radius 1 is 0.898 bits per heavy atom. The second-order valence-electron chi connectivity index (χ2n) is 13.6. The lowest BCUT2D eigenvalue weighted by Crippen LogP contribution is -2.43. The van der Waals surface area contributed by atoms with E-state index in [0.717, 1.165) is 22.4 Å². The molecule has 2 atom stereocenters. The van der Waals surface area contributed by atoms with E-state index in [1.54, 1.807) is 47.2 Å². The van der Waals surface area contributed by atoms with Crippen molar-refractivity contribution in [1.82, 2.24) is 24.6 Å². The van der Waals surface area contributed by atoms with Gasteiger partial charge in [0.05, 0.1) is 36.1 Å². The van der Waals surface area contributed by atoms with Crippen LogP contribution in [0.2, 0.25) is 10.0 Å². The Labute approximate surface area is 293 Å². The van der Waals surface area contributed by atoms with Crippen LogP contribution in [-0.2, 0) is 17.6 Å². The number of fused-ring (bicyclic) bond motifs is 4. The number of carbonyl (C=O) groups is 3. The van der Waals surface area contributed by atoms with Gasteiger partial charge in [-0.25, -0.2) is 9.48 Å². The Morgan fingerprint density at radius 3 is 2.27 bits per heavy atom. The maximum atomic E-state index is 14.5. The van der Waals surface area contributed by atoms with Crippen LogP contribution in [-0.4, -0.2) is 80.4 Å². The van der Waals surface area contributed by atoms with Crippen LogP contribution in [0.15, 0.2) is 48.8 Å². The van der Waals surface area contributed by atoms with E-state index in [-0.39, 0.29) is 29.6 Å². The summed E-state index contributed by atoms with van der Waals surface area (Å²) in [6.45, 7) is 6.57. The Morgan fingerprint density at radius 2 is 1.59 bits per heavy atom. The van der Waals surface area contributed by atoms with Gasteiger partial charge >= 0.3 is 6.09 Å². The van der Waals surface area contributed by atoms with Gasteiger partial charge in [-0.1, -0.05) is 23.2 Å². The van der Waals surface area contributed by atoms with Crippen LogP contribution >= 0.6 is 23.2 Å². The minimum atomic E-state index is -0.611. The summed E-state index contributed by atoms with van der Waals surface area (Å²) in [5.41, 5.74) is 10.9. The number of aryl methyl sites for hydroxylation is 1. The van der Waals surface area contributed by atoms with Crippen molar-refractivity contribution in [2.45, 2.75) is 64.1 Å². The van der Waals surface area contributed by atoms with Gasteiger partial charge in [0, 0.05) is 57.8 Å². The van der Waals surface area contributed by atoms with E-state index < -0.39 is 11.5 Å². The van der Waals surface area contributed by atoms with E-state index in [4.69, 9.17) is 43.5 Å². The zero-order chi connectivity index (χ0) is 34.8. The Hall–Kier alpha value is -4.61. The Balaban J connectivity index is 1.33. The number of benzene rings is 2. The van der Waals surface area contributed by atoms with Gasteiger partial charge < -0.3 is 25.0 Å². The number of likely N-dealkylation sites (tertiary alicyclic amines) is 2. The third-order valence-corrected chi connectivity index (χ3v) is 9.84. The summed E-state index contributed by atoms with van der Waals surface area (Å²) in [6, 6.07) is 10.5. The van der Waals surface area contributed by atoms with Crippen LogP contribution in [0.25, 0.3) is 28.1 Å². The van der Waals surface area contributed by atoms with E-state index in [2.05, 4.69) is 4.98 Å². The van der Waals surface area contributed by atoms with Crippen molar-refractivity contribution >= 4 is 41.1 Å². The number of primary amides is 1. The number of aromatic nitrogens is 3. The number of rotatable bonds is 5. The average Bonchev–Trinajstić information content (AvgIpc) is 3.76. The number of pyridine rings is 1. The van der Waals surface area contributed by atoms with Gasteiger partial charge in [-0.3, -0.25) is 14.6 Å². The average molecular weight is 704 g/mol. The van der Waals surface area contributed by atoms with Gasteiger partial charge in [0.2, 0.25) is 5.91 Å². The van der Waals surface area contributed by atoms with Gasteiger partial charge in [-0.15, -0.1) is 0 Å². The van der Waals surface area contributed by atoms with E-state index in [1.165, 1.54) is 6.20 Å². The van der Waals surface area contributed by atoms with Crippen LogP contribution in [0, 0.1) is 0 Å². The van der Waals surface area contributed by atoms with Crippen LogP contribution in [0.1, 0.15) is 65.6 Å². The third kappa shape index (κ3) is 5.99. The molecule has 2 unspecified atom stereocenters. The molecule has 4 heterocycles. The number of methoxy groups -OCH3 is 1. The molecule has 0 saturated carbocycles. The highest BCUT2D eigenvalue weighted by Gasteiger charge is 2.48. The van der Waals surface area contributed by atoms with Crippen LogP contribution in [0.4, 0.5) is 4.79 Å². The molecule has 3 aliphatic rings. The first-order valence-corrected chi connectivity index (χ1v) is 16.9. The van der Waals surface area contributed by atoms with Gasteiger partial charge in [-0.2, -0.15) is 5.10 Å². The summed E-state index contributed by atoms with van der Waals surface area (Å²) in [5, 5.41) is 5.84. The highest BCUT2D eigenvalue weighted by atomic mass is 35.5. The van der Waals surface area contributed by atoms with Crippen LogP contribution in [0.5, 0.6) is 5.75 Å². The highest BCUT2D eigenvalue weighted by molar-refractivity contribution is 6.34. The summed E-state index contributed by atoms with van der Waals surface area (Å²) in [4.78, 5) is 47.4. The molecule has 2 N–H and O–H groups in total. The zero-order valence-corrected chi connectivity index (χ0v) is 29.1. The minimum absolute atomic E-state index is 0.121. The van der Waals surface area contributed by atoms with Crippen molar-refractivity contribution < 1.29 is 23.9 Å². The smallest absolute Gasteiger partial charge is 0.410 e. The van der Waals surface area contributed by atoms with Crippen molar-refractivity contribution in [2.24, 2.45) is 5.73 Å². The quantitative estimate of drug-likeness (QED) is 0.257. The summed E-state index contributed by atoms with van der Waals surface area (Å²) < 4.78 is 13.2. The lowest BCUT2D eigenvalue weighted by molar-refractivity contribution is 0.0221. The molecule has 0 bridgehead atoms. The second kappa shape index (κ2) is 12.4. The molecule has 13 heteroatoms. The predicted molar refractivity (Wildman–Crippen MR) is 186 cm³/mol. The molecule has 4 aromatic rings. The van der Waals surface area contributed by atoms with E-state index >= 15 is 0 Å². The first-order valence-electron chi connectivity index (χ1n) is 16.2. The van der Waals surface area contributed by atoms with E-state index in [9.17, 15) is 14.4 Å². The number of nitrogens with zero attached hydrogens (tertiary/aromatic N) is 5. The molecule has 254 valence electrons. The first-order chi connectivity index (χ1) is 23.3. The molecule has 7 rings (SSSR count). The van der Waals surface area contributed by atoms with E-state index in [0.29, 0.717) is 77.1 Å². The minimum Gasteiger partial charge on any atom is -0.496 e. The molecule has 49 heavy (non-hydrogen) atoms. The normalized spacial score (nSPS) is 18.2. The third-order valence-electron chi connectivity index (χ3n) is 9.40. The Kier molecular flexibility index (Phi) is 8.31. The fourth-order valence-electron chi connectivity index (χ4n) is 7.33. The van der Waals surface area contributed by atoms with Crippen LogP contribution in [0.3, 0.4) is 0 Å². The van der Waals surface area contributed by atoms with Crippen LogP contribution < -0.4 is 10.5 Å². The predicted octanol–water partition coefficient (Wildman–Crippen LogP) is 6.34. The second-order valence-corrected chi connectivity index (χ2v) is 14.5. The highest BCUT2D eigenvalue weighted by Crippen LogP contribution is 2.44. The van der Waals surface area contributed by atoms with Crippen molar-refractivity contribution in [2.75, 3.05) is 20.2 Å². The number of amides is 3. The van der Waals surface area contributed by atoms with Gasteiger partial charge in [0.15, 0.2) is 5.69 Å². The molecule has 2 aliphatic heterocycles. The molecule has 1 aliphatic carbocycles. The molecular formula is C36H36Cl2N6O5. The molecule has 0 spiro atoms. The number of nitrogens with two attached hydrogens (primary N) is 1. The number of carbonyl (C=O) groups excluding carboxylic acids is 3. The fourth-order valence-corrected chi connectivity index (χ4v) is 7.85. The molecule has 2 aromatic carbocycles. The molecule has 0 radical (unpaired) electrons. The van der Waals surface area contributed by atoms with Gasteiger partial charge in [0.1, 0.15) is 11.4 Å². The summed E-state index contributed by atoms with van der Waals surface area (Å²) in [6.07, 6.45) is 5.23.